The number of imidazole rings is 1. The second kappa shape index (κ2) is 6.54. The Kier molecular flexibility index (Phi) is 4.09. The molecule has 4 rings (SSSR count). The first-order chi connectivity index (χ1) is 11.8. The highest BCUT2D eigenvalue weighted by Crippen LogP contribution is 2.16. The first-order valence-corrected chi connectivity index (χ1v) is 8.51. The number of fused-ring (bicyclic) bond motifs is 1. The molecule has 124 valence electrons. The molecule has 0 radical (unpaired) electrons. The van der Waals surface area contributed by atoms with Crippen molar-refractivity contribution in [1.29, 1.82) is 0 Å². The molecule has 1 N–H and O–H groups in total. The van der Waals surface area contributed by atoms with Crippen molar-refractivity contribution >= 4 is 33.8 Å². The number of anilines is 2. The molecule has 1 aliphatic heterocycles. The summed E-state index contributed by atoms with van der Waals surface area (Å²) in [6, 6.07) is 1.79. The molecule has 1 saturated heterocycles. The van der Waals surface area contributed by atoms with Gasteiger partial charge in [0.05, 0.1) is 25.3 Å². The lowest BCUT2D eigenvalue weighted by molar-refractivity contribution is -0.115. The van der Waals surface area contributed by atoms with Gasteiger partial charge in [-0.2, -0.15) is 0 Å². The Labute approximate surface area is 142 Å². The summed E-state index contributed by atoms with van der Waals surface area (Å²) in [5.41, 5.74) is 0.738. The van der Waals surface area contributed by atoms with Crippen LogP contribution in [0.1, 0.15) is 5.69 Å². The van der Waals surface area contributed by atoms with E-state index in [1.807, 2.05) is 22.2 Å². The molecular weight excluding hydrogens is 328 g/mol. The number of nitrogens with zero attached hydrogens (tertiary/aromatic N) is 5. The van der Waals surface area contributed by atoms with Crippen LogP contribution < -0.4 is 10.2 Å². The molecule has 0 aliphatic carbocycles. The van der Waals surface area contributed by atoms with Gasteiger partial charge in [0, 0.05) is 36.9 Å². The molecule has 8 nitrogen and oxygen atoms in total. The lowest BCUT2D eigenvalue weighted by atomic mass is 10.3. The van der Waals surface area contributed by atoms with Crippen molar-refractivity contribution in [3.8, 4) is 0 Å². The van der Waals surface area contributed by atoms with E-state index in [4.69, 9.17) is 4.74 Å². The van der Waals surface area contributed by atoms with E-state index in [2.05, 4.69) is 25.2 Å². The number of carbonyl (C=O) groups is 1. The fourth-order valence-electron chi connectivity index (χ4n) is 2.59. The number of nitrogens with one attached hydrogen (secondary N) is 1. The SMILES string of the molecule is O=C(Cc1cn2ccsc2n1)Nc1cc(N2CCOCC2)ncn1. The molecule has 0 atom stereocenters. The highest BCUT2D eigenvalue weighted by Gasteiger charge is 2.14. The van der Waals surface area contributed by atoms with E-state index in [-0.39, 0.29) is 12.3 Å². The van der Waals surface area contributed by atoms with Crippen LogP contribution in [0.5, 0.6) is 0 Å². The third kappa shape index (κ3) is 3.22. The largest absolute Gasteiger partial charge is 0.378 e. The van der Waals surface area contributed by atoms with Crippen molar-refractivity contribution in [3.63, 3.8) is 0 Å². The molecule has 0 saturated carbocycles. The minimum atomic E-state index is -0.146. The Morgan fingerprint density at radius 2 is 2.21 bits per heavy atom. The number of morpholine rings is 1. The van der Waals surface area contributed by atoms with Crippen LogP contribution in [0, 0.1) is 0 Å². The number of hydrogen-bond acceptors (Lipinski definition) is 7. The van der Waals surface area contributed by atoms with Gasteiger partial charge in [-0.05, 0) is 0 Å². The van der Waals surface area contributed by atoms with E-state index >= 15 is 0 Å². The van der Waals surface area contributed by atoms with Gasteiger partial charge < -0.3 is 15.0 Å². The van der Waals surface area contributed by atoms with Crippen LogP contribution in [0.15, 0.2) is 30.2 Å². The number of thiazole rings is 1. The fourth-order valence-corrected chi connectivity index (χ4v) is 3.31. The molecular formula is C15H16N6O2S. The zero-order valence-corrected chi connectivity index (χ0v) is 13.7. The average molecular weight is 344 g/mol. The summed E-state index contributed by atoms with van der Waals surface area (Å²) in [7, 11) is 0. The number of amides is 1. The molecule has 24 heavy (non-hydrogen) atoms. The van der Waals surface area contributed by atoms with Crippen LogP contribution in [0.4, 0.5) is 11.6 Å². The summed E-state index contributed by atoms with van der Waals surface area (Å²) in [4.78, 5) is 28.0. The molecule has 0 unspecified atom stereocenters. The monoisotopic (exact) mass is 344 g/mol. The van der Waals surface area contributed by atoms with Crippen molar-refractivity contribution in [2.45, 2.75) is 6.42 Å². The minimum Gasteiger partial charge on any atom is -0.378 e. The van der Waals surface area contributed by atoms with Gasteiger partial charge in [-0.25, -0.2) is 15.0 Å². The Morgan fingerprint density at radius 1 is 1.33 bits per heavy atom. The maximum absolute atomic E-state index is 12.2. The number of rotatable bonds is 4. The quantitative estimate of drug-likeness (QED) is 0.766. The van der Waals surface area contributed by atoms with Gasteiger partial charge in [-0.15, -0.1) is 11.3 Å². The minimum absolute atomic E-state index is 0.146. The summed E-state index contributed by atoms with van der Waals surface area (Å²) in [6.45, 7) is 2.94. The first kappa shape index (κ1) is 15.0. The molecule has 1 amide bonds. The topological polar surface area (TPSA) is 84.7 Å². The van der Waals surface area contributed by atoms with Crippen LogP contribution in [-0.2, 0) is 16.0 Å². The van der Waals surface area contributed by atoms with Crippen LogP contribution in [0.3, 0.4) is 0 Å². The second-order valence-corrected chi connectivity index (χ2v) is 6.28. The molecule has 0 aromatic carbocycles. The molecule has 0 bridgehead atoms. The Morgan fingerprint density at radius 3 is 3.04 bits per heavy atom. The smallest absolute Gasteiger partial charge is 0.231 e. The van der Waals surface area contributed by atoms with Crippen LogP contribution in [-0.4, -0.2) is 51.6 Å². The highest BCUT2D eigenvalue weighted by molar-refractivity contribution is 7.15. The van der Waals surface area contributed by atoms with Gasteiger partial charge in [0.15, 0.2) is 4.96 Å². The summed E-state index contributed by atoms with van der Waals surface area (Å²) in [6.07, 6.45) is 5.47. The van der Waals surface area contributed by atoms with Gasteiger partial charge in [-0.3, -0.25) is 9.20 Å². The lowest BCUT2D eigenvalue weighted by Crippen LogP contribution is -2.36. The molecule has 3 aromatic heterocycles. The number of carbonyl (C=O) groups excluding carboxylic acids is 1. The van der Waals surface area contributed by atoms with Crippen molar-refractivity contribution < 1.29 is 9.53 Å². The van der Waals surface area contributed by atoms with E-state index < -0.39 is 0 Å². The van der Waals surface area contributed by atoms with Gasteiger partial charge in [-0.1, -0.05) is 0 Å². The summed E-state index contributed by atoms with van der Waals surface area (Å²) >= 11 is 1.54. The molecule has 4 heterocycles. The lowest BCUT2D eigenvalue weighted by Gasteiger charge is -2.27. The zero-order chi connectivity index (χ0) is 16.4. The predicted molar refractivity (Wildman–Crippen MR) is 90.5 cm³/mol. The maximum atomic E-state index is 12.2. The molecule has 9 heteroatoms. The van der Waals surface area contributed by atoms with Crippen molar-refractivity contribution in [2.24, 2.45) is 0 Å². The van der Waals surface area contributed by atoms with Gasteiger partial charge in [0.25, 0.3) is 0 Å². The molecule has 1 aliphatic rings. The predicted octanol–water partition coefficient (Wildman–Crippen LogP) is 1.20. The fraction of sp³-hybridized carbons (Fsp3) is 0.333. The maximum Gasteiger partial charge on any atom is 0.231 e. The molecule has 0 spiro atoms. The van der Waals surface area contributed by atoms with Crippen LogP contribution in [0.2, 0.25) is 0 Å². The molecule has 3 aromatic rings. The summed E-state index contributed by atoms with van der Waals surface area (Å²) < 4.78 is 7.25. The van der Waals surface area contributed by atoms with Crippen molar-refractivity contribution in [1.82, 2.24) is 19.4 Å². The van der Waals surface area contributed by atoms with Crippen molar-refractivity contribution in [3.05, 3.63) is 35.9 Å². The normalized spacial score (nSPS) is 14.9. The highest BCUT2D eigenvalue weighted by atomic mass is 32.1. The van der Waals surface area contributed by atoms with E-state index in [0.29, 0.717) is 19.0 Å². The second-order valence-electron chi connectivity index (χ2n) is 5.41. The van der Waals surface area contributed by atoms with Crippen LogP contribution >= 0.6 is 11.3 Å². The van der Waals surface area contributed by atoms with Gasteiger partial charge in [0.1, 0.15) is 18.0 Å². The summed E-state index contributed by atoms with van der Waals surface area (Å²) in [5.74, 6) is 1.15. The van der Waals surface area contributed by atoms with E-state index in [1.165, 1.54) is 6.33 Å². The summed E-state index contributed by atoms with van der Waals surface area (Å²) in [5, 5.41) is 4.77. The van der Waals surface area contributed by atoms with E-state index in [1.54, 1.807) is 17.4 Å². The average Bonchev–Trinajstić information content (AvgIpc) is 3.17. The van der Waals surface area contributed by atoms with Crippen molar-refractivity contribution in [2.75, 3.05) is 36.5 Å². The number of aromatic nitrogens is 4. The van der Waals surface area contributed by atoms with Gasteiger partial charge in [0.2, 0.25) is 5.91 Å². The Bertz CT molecular complexity index is 826. The third-order valence-electron chi connectivity index (χ3n) is 3.74. The molecule has 1 fully saturated rings. The van der Waals surface area contributed by atoms with Crippen LogP contribution in [0.25, 0.3) is 4.96 Å². The van der Waals surface area contributed by atoms with E-state index in [9.17, 15) is 4.79 Å². The van der Waals surface area contributed by atoms with E-state index in [0.717, 1.165) is 29.6 Å². The third-order valence-corrected chi connectivity index (χ3v) is 4.51. The van der Waals surface area contributed by atoms with Gasteiger partial charge >= 0.3 is 0 Å². The zero-order valence-electron chi connectivity index (χ0n) is 12.9. The first-order valence-electron chi connectivity index (χ1n) is 7.63. The Hall–Kier alpha value is -2.52. The number of hydrogen-bond donors (Lipinski definition) is 1. The number of ether oxygens (including phenoxy) is 1. The standard InChI is InChI=1S/C15H16N6O2S/c22-14(7-11-9-21-3-6-24-15(21)18-11)19-12-8-13(17-10-16-12)20-1-4-23-5-2-20/h3,6,8-10H,1-2,4-5,7H2,(H,16,17,19,22). The Balaban J connectivity index is 1.42.